The van der Waals surface area contributed by atoms with Crippen LogP contribution in [0.15, 0.2) is 35.7 Å². The van der Waals surface area contributed by atoms with E-state index in [2.05, 4.69) is 16.3 Å². The second-order valence-electron chi connectivity index (χ2n) is 5.11. The zero-order valence-electron chi connectivity index (χ0n) is 11.3. The van der Waals surface area contributed by atoms with Crippen LogP contribution in [0.5, 0.6) is 0 Å². The normalized spacial score (nSPS) is 30.2. The van der Waals surface area contributed by atoms with Gasteiger partial charge in [-0.3, -0.25) is 14.5 Å². The number of fused-ring (bicyclic) bond motifs is 3. The topological polar surface area (TPSA) is 44.8 Å². The second kappa shape index (κ2) is 4.83. The SMILES string of the molecule is CCON1C=C2CC(=O)CN(C)C2C2=CC=CNC21. The van der Waals surface area contributed by atoms with Crippen molar-refractivity contribution < 1.29 is 9.63 Å². The third-order valence-electron chi connectivity index (χ3n) is 3.72. The molecule has 2 unspecified atom stereocenters. The van der Waals surface area contributed by atoms with E-state index in [0.29, 0.717) is 19.6 Å². The van der Waals surface area contributed by atoms with Crippen molar-refractivity contribution in [1.29, 1.82) is 0 Å². The van der Waals surface area contributed by atoms with Gasteiger partial charge in [-0.1, -0.05) is 6.08 Å². The molecule has 3 aliphatic rings. The highest BCUT2D eigenvalue weighted by molar-refractivity contribution is 5.85. The van der Waals surface area contributed by atoms with Crippen LogP contribution in [0.3, 0.4) is 0 Å². The molecule has 2 atom stereocenters. The lowest BCUT2D eigenvalue weighted by Gasteiger charge is -2.46. The van der Waals surface area contributed by atoms with Crippen molar-refractivity contribution in [3.63, 3.8) is 0 Å². The Morgan fingerprint density at radius 2 is 2.37 bits per heavy atom. The first-order valence-electron chi connectivity index (χ1n) is 6.67. The summed E-state index contributed by atoms with van der Waals surface area (Å²) < 4.78 is 0. The Labute approximate surface area is 113 Å². The summed E-state index contributed by atoms with van der Waals surface area (Å²) in [6, 6.07) is 0.205. The highest BCUT2D eigenvalue weighted by Crippen LogP contribution is 2.34. The molecule has 19 heavy (non-hydrogen) atoms. The number of likely N-dealkylation sites (tertiary alicyclic amines) is 1. The fourth-order valence-corrected chi connectivity index (χ4v) is 3.07. The third-order valence-corrected chi connectivity index (χ3v) is 3.72. The van der Waals surface area contributed by atoms with Gasteiger partial charge in [0, 0.05) is 12.6 Å². The highest BCUT2D eigenvalue weighted by atomic mass is 16.7. The number of hydrogen-bond donors (Lipinski definition) is 1. The number of nitrogens with zero attached hydrogens (tertiary/aromatic N) is 2. The minimum absolute atomic E-state index is 0.0225. The number of carbonyl (C=O) groups excluding carboxylic acids is 1. The number of rotatable bonds is 2. The zero-order valence-corrected chi connectivity index (χ0v) is 11.3. The number of Topliss-reactive ketones (excluding diaryl/α,β-unsaturated/α-hetero) is 1. The summed E-state index contributed by atoms with van der Waals surface area (Å²) in [4.78, 5) is 19.5. The summed E-state index contributed by atoms with van der Waals surface area (Å²) in [6.07, 6.45) is 8.57. The number of likely N-dealkylation sites (N-methyl/N-ethyl adjacent to an activating group) is 1. The molecule has 0 bridgehead atoms. The van der Waals surface area contributed by atoms with Crippen molar-refractivity contribution in [3.8, 4) is 0 Å². The average molecular weight is 261 g/mol. The Bertz CT molecular complexity index is 481. The molecule has 0 amide bonds. The molecule has 1 saturated heterocycles. The summed E-state index contributed by atoms with van der Waals surface area (Å²) in [6.45, 7) is 3.09. The predicted octanol–water partition coefficient (Wildman–Crippen LogP) is 0.780. The van der Waals surface area contributed by atoms with Crippen molar-refractivity contribution in [2.75, 3.05) is 20.2 Å². The predicted molar refractivity (Wildman–Crippen MR) is 71.7 cm³/mol. The Balaban J connectivity index is 2.00. The molecule has 1 fully saturated rings. The molecular formula is C14H19N3O2. The molecule has 3 heterocycles. The fraction of sp³-hybridized carbons (Fsp3) is 0.500. The van der Waals surface area contributed by atoms with Gasteiger partial charge < -0.3 is 5.32 Å². The smallest absolute Gasteiger partial charge is 0.151 e. The molecule has 0 aromatic heterocycles. The zero-order chi connectivity index (χ0) is 13.4. The maximum Gasteiger partial charge on any atom is 0.151 e. The van der Waals surface area contributed by atoms with Gasteiger partial charge in [-0.15, -0.1) is 0 Å². The van der Waals surface area contributed by atoms with Gasteiger partial charge in [0.1, 0.15) is 6.17 Å². The molecule has 0 saturated carbocycles. The van der Waals surface area contributed by atoms with Crippen molar-refractivity contribution in [3.05, 3.63) is 35.7 Å². The van der Waals surface area contributed by atoms with E-state index in [1.165, 1.54) is 5.57 Å². The van der Waals surface area contributed by atoms with Crippen molar-refractivity contribution in [2.45, 2.75) is 25.6 Å². The molecule has 3 aliphatic heterocycles. The number of dihydropyridines is 1. The molecule has 0 aromatic carbocycles. The van der Waals surface area contributed by atoms with Crippen LogP contribution in [0.1, 0.15) is 13.3 Å². The van der Waals surface area contributed by atoms with Gasteiger partial charge in [-0.2, -0.15) is 0 Å². The van der Waals surface area contributed by atoms with Gasteiger partial charge >= 0.3 is 0 Å². The van der Waals surface area contributed by atoms with Crippen molar-refractivity contribution in [2.24, 2.45) is 0 Å². The molecule has 102 valence electrons. The summed E-state index contributed by atoms with van der Waals surface area (Å²) in [5.41, 5.74) is 2.36. The second-order valence-corrected chi connectivity index (χ2v) is 5.11. The van der Waals surface area contributed by atoms with Crippen LogP contribution in [0.25, 0.3) is 0 Å². The van der Waals surface area contributed by atoms with Crippen LogP contribution in [0.4, 0.5) is 0 Å². The van der Waals surface area contributed by atoms with Crippen LogP contribution >= 0.6 is 0 Å². The van der Waals surface area contributed by atoms with E-state index in [4.69, 9.17) is 4.84 Å². The number of allylic oxidation sites excluding steroid dienone is 2. The van der Waals surface area contributed by atoms with Crippen LogP contribution in [-0.4, -0.2) is 48.2 Å². The number of carbonyl (C=O) groups is 1. The Kier molecular flexibility index (Phi) is 3.16. The summed E-state index contributed by atoms with van der Waals surface area (Å²) in [5.74, 6) is 0.264. The lowest BCUT2D eigenvalue weighted by molar-refractivity contribution is -0.148. The Morgan fingerprint density at radius 1 is 1.53 bits per heavy atom. The number of hydrogen-bond acceptors (Lipinski definition) is 5. The van der Waals surface area contributed by atoms with Crippen molar-refractivity contribution in [1.82, 2.24) is 15.3 Å². The van der Waals surface area contributed by atoms with E-state index < -0.39 is 0 Å². The molecule has 5 heteroatoms. The molecule has 0 aliphatic carbocycles. The molecule has 0 aromatic rings. The lowest BCUT2D eigenvalue weighted by Crippen LogP contribution is -2.56. The van der Waals surface area contributed by atoms with E-state index in [1.807, 2.05) is 37.5 Å². The third kappa shape index (κ3) is 2.09. The van der Waals surface area contributed by atoms with E-state index in [0.717, 1.165) is 5.57 Å². The van der Waals surface area contributed by atoms with E-state index >= 15 is 0 Å². The molecular weight excluding hydrogens is 242 g/mol. The minimum atomic E-state index is 0.0225. The van der Waals surface area contributed by atoms with Crippen molar-refractivity contribution >= 4 is 5.78 Å². The van der Waals surface area contributed by atoms with Gasteiger partial charge in [0.2, 0.25) is 0 Å². The maximum atomic E-state index is 11.8. The molecule has 0 radical (unpaired) electrons. The quantitative estimate of drug-likeness (QED) is 0.796. The van der Waals surface area contributed by atoms with Gasteiger partial charge in [0.05, 0.1) is 19.2 Å². The molecule has 0 spiro atoms. The van der Waals surface area contributed by atoms with E-state index in [1.54, 1.807) is 0 Å². The summed E-state index contributed by atoms with van der Waals surface area (Å²) in [7, 11) is 2.00. The van der Waals surface area contributed by atoms with Crippen LogP contribution in [0.2, 0.25) is 0 Å². The Morgan fingerprint density at radius 3 is 3.16 bits per heavy atom. The Hall–Kier alpha value is -1.59. The van der Waals surface area contributed by atoms with E-state index in [-0.39, 0.29) is 18.0 Å². The number of hydroxylamine groups is 2. The largest absolute Gasteiger partial charge is 0.366 e. The van der Waals surface area contributed by atoms with E-state index in [9.17, 15) is 4.79 Å². The number of ketones is 1. The van der Waals surface area contributed by atoms with Gasteiger partial charge in [-0.05, 0) is 37.4 Å². The van der Waals surface area contributed by atoms with Gasteiger partial charge in [0.25, 0.3) is 0 Å². The summed E-state index contributed by atoms with van der Waals surface area (Å²) in [5, 5.41) is 5.14. The molecule has 3 rings (SSSR count). The standard InChI is InChI=1S/C14H19N3O2/c1-3-19-17-8-10-7-11(18)9-16(2)13(10)12-5-4-6-15-14(12)17/h4-6,8,13-15H,3,7,9H2,1-2H3. The highest BCUT2D eigenvalue weighted by Gasteiger charge is 2.40. The molecule has 5 nitrogen and oxygen atoms in total. The number of nitrogens with one attached hydrogen (secondary N) is 1. The fourth-order valence-electron chi connectivity index (χ4n) is 3.07. The monoisotopic (exact) mass is 261 g/mol. The van der Waals surface area contributed by atoms with Crippen LogP contribution in [-0.2, 0) is 9.63 Å². The van der Waals surface area contributed by atoms with Gasteiger partial charge in [-0.25, -0.2) is 5.06 Å². The van der Waals surface area contributed by atoms with Gasteiger partial charge in [0.15, 0.2) is 5.78 Å². The first-order valence-corrected chi connectivity index (χ1v) is 6.67. The van der Waals surface area contributed by atoms with Crippen LogP contribution < -0.4 is 5.32 Å². The van der Waals surface area contributed by atoms with Crippen LogP contribution in [0, 0.1) is 0 Å². The first kappa shape index (κ1) is 12.4. The first-order chi connectivity index (χ1) is 9.20. The number of piperidine rings is 1. The maximum absolute atomic E-state index is 11.8. The lowest BCUT2D eigenvalue weighted by atomic mass is 9.85. The minimum Gasteiger partial charge on any atom is -0.366 e. The molecule has 1 N–H and O–H groups in total. The average Bonchev–Trinajstić information content (AvgIpc) is 2.38. The summed E-state index contributed by atoms with van der Waals surface area (Å²) >= 11 is 0.